The first-order valence-electron chi connectivity index (χ1n) is 6.25. The molecule has 0 spiro atoms. The molecule has 16 heavy (non-hydrogen) atoms. The summed E-state index contributed by atoms with van der Waals surface area (Å²) in [7, 11) is 2.23. The van der Waals surface area contributed by atoms with Gasteiger partial charge in [0.2, 0.25) is 0 Å². The Labute approximate surface area is 103 Å². The molecule has 3 heteroatoms. The summed E-state index contributed by atoms with van der Waals surface area (Å²) in [6.07, 6.45) is 4.12. The maximum atomic E-state index is 3.49. The molecule has 1 aliphatic rings. The molecule has 90 valence electrons. The summed E-state index contributed by atoms with van der Waals surface area (Å²) in [6.45, 7) is 4.78. The van der Waals surface area contributed by atoms with Crippen LogP contribution in [0.25, 0.3) is 0 Å². The van der Waals surface area contributed by atoms with Gasteiger partial charge < -0.3 is 10.2 Å². The fourth-order valence-electron chi connectivity index (χ4n) is 2.35. The van der Waals surface area contributed by atoms with E-state index in [-0.39, 0.29) is 0 Å². The average molecular weight is 238 g/mol. The third-order valence-corrected chi connectivity index (χ3v) is 4.08. The molecule has 0 amide bonds. The van der Waals surface area contributed by atoms with Crippen molar-refractivity contribution in [3.8, 4) is 0 Å². The van der Waals surface area contributed by atoms with Crippen molar-refractivity contribution < 1.29 is 0 Å². The molecule has 1 aromatic rings. The zero-order valence-electron chi connectivity index (χ0n) is 10.1. The van der Waals surface area contributed by atoms with E-state index in [9.17, 15) is 0 Å². The van der Waals surface area contributed by atoms with Gasteiger partial charge in [-0.05, 0) is 74.3 Å². The van der Waals surface area contributed by atoms with E-state index in [1.54, 1.807) is 11.3 Å². The lowest BCUT2D eigenvalue weighted by Crippen LogP contribution is -2.32. The number of hydrogen-bond donors (Lipinski definition) is 1. The lowest BCUT2D eigenvalue weighted by atomic mass is 9.96. The molecule has 1 atom stereocenters. The van der Waals surface area contributed by atoms with Crippen LogP contribution in [0.3, 0.4) is 0 Å². The van der Waals surface area contributed by atoms with Gasteiger partial charge in [-0.3, -0.25) is 0 Å². The highest BCUT2D eigenvalue weighted by Crippen LogP contribution is 2.15. The molecular weight excluding hydrogens is 216 g/mol. The minimum atomic E-state index is 0.902. The van der Waals surface area contributed by atoms with Crippen molar-refractivity contribution in [2.45, 2.75) is 25.8 Å². The van der Waals surface area contributed by atoms with Crippen molar-refractivity contribution >= 4 is 11.3 Å². The van der Waals surface area contributed by atoms with Gasteiger partial charge in [0.05, 0.1) is 0 Å². The van der Waals surface area contributed by atoms with E-state index in [1.165, 1.54) is 44.5 Å². The fraction of sp³-hybridized carbons (Fsp3) is 0.692. The van der Waals surface area contributed by atoms with Gasteiger partial charge >= 0.3 is 0 Å². The summed E-state index contributed by atoms with van der Waals surface area (Å²) < 4.78 is 0. The van der Waals surface area contributed by atoms with Gasteiger partial charge in [-0.1, -0.05) is 0 Å². The van der Waals surface area contributed by atoms with E-state index < -0.39 is 0 Å². The van der Waals surface area contributed by atoms with Gasteiger partial charge in [0.25, 0.3) is 0 Å². The van der Waals surface area contributed by atoms with Crippen LogP contribution in [0, 0.1) is 5.92 Å². The highest BCUT2D eigenvalue weighted by Gasteiger charge is 2.13. The number of nitrogens with one attached hydrogen (secondary N) is 1. The SMILES string of the molecule is CN(CCC1CCCNC1)Cc1ccsc1. The predicted octanol–water partition coefficient (Wildman–Crippen LogP) is 2.57. The molecule has 0 radical (unpaired) electrons. The number of nitrogens with zero attached hydrogens (tertiary/aromatic N) is 1. The molecule has 1 fully saturated rings. The molecule has 1 aromatic heterocycles. The molecule has 2 heterocycles. The molecule has 2 nitrogen and oxygen atoms in total. The third-order valence-electron chi connectivity index (χ3n) is 3.35. The van der Waals surface area contributed by atoms with E-state index in [4.69, 9.17) is 0 Å². The Morgan fingerprint density at radius 3 is 3.19 bits per heavy atom. The van der Waals surface area contributed by atoms with Crippen molar-refractivity contribution in [1.82, 2.24) is 10.2 Å². The second kappa shape index (κ2) is 6.38. The number of thiophene rings is 1. The molecule has 2 rings (SSSR count). The molecule has 0 aromatic carbocycles. The first-order valence-corrected chi connectivity index (χ1v) is 7.19. The lowest BCUT2D eigenvalue weighted by molar-refractivity contribution is 0.268. The molecule has 0 aliphatic carbocycles. The molecule has 1 saturated heterocycles. The van der Waals surface area contributed by atoms with Crippen LogP contribution in [-0.2, 0) is 6.54 Å². The summed E-state index contributed by atoms with van der Waals surface area (Å²) in [4.78, 5) is 2.44. The monoisotopic (exact) mass is 238 g/mol. The van der Waals surface area contributed by atoms with Gasteiger partial charge in [0, 0.05) is 6.54 Å². The van der Waals surface area contributed by atoms with Crippen molar-refractivity contribution in [1.29, 1.82) is 0 Å². The van der Waals surface area contributed by atoms with Crippen molar-refractivity contribution in [2.75, 3.05) is 26.7 Å². The van der Waals surface area contributed by atoms with Gasteiger partial charge in [0.1, 0.15) is 0 Å². The minimum absolute atomic E-state index is 0.902. The summed E-state index contributed by atoms with van der Waals surface area (Å²) in [6, 6.07) is 2.23. The summed E-state index contributed by atoms with van der Waals surface area (Å²) in [5, 5.41) is 7.90. The molecule has 1 aliphatic heterocycles. The smallest absolute Gasteiger partial charge is 0.0238 e. The minimum Gasteiger partial charge on any atom is -0.316 e. The highest BCUT2D eigenvalue weighted by molar-refractivity contribution is 7.07. The zero-order valence-corrected chi connectivity index (χ0v) is 10.9. The lowest BCUT2D eigenvalue weighted by Gasteiger charge is -2.25. The van der Waals surface area contributed by atoms with E-state index in [0.29, 0.717) is 0 Å². The maximum absolute atomic E-state index is 3.49. The van der Waals surface area contributed by atoms with Crippen LogP contribution in [0.2, 0.25) is 0 Å². The topological polar surface area (TPSA) is 15.3 Å². The van der Waals surface area contributed by atoms with E-state index in [0.717, 1.165) is 12.5 Å². The second-order valence-electron chi connectivity index (χ2n) is 4.87. The van der Waals surface area contributed by atoms with E-state index >= 15 is 0 Å². The Morgan fingerprint density at radius 1 is 1.56 bits per heavy atom. The summed E-state index contributed by atoms with van der Waals surface area (Å²) >= 11 is 1.79. The Bertz CT molecular complexity index is 278. The fourth-order valence-corrected chi connectivity index (χ4v) is 3.01. The normalized spacial score (nSPS) is 21.5. The Morgan fingerprint density at radius 2 is 2.50 bits per heavy atom. The van der Waals surface area contributed by atoms with Crippen molar-refractivity contribution in [3.05, 3.63) is 22.4 Å². The highest BCUT2D eigenvalue weighted by atomic mass is 32.1. The van der Waals surface area contributed by atoms with Crippen LogP contribution in [0.1, 0.15) is 24.8 Å². The van der Waals surface area contributed by atoms with Crippen LogP contribution < -0.4 is 5.32 Å². The molecule has 1 N–H and O–H groups in total. The summed E-state index contributed by atoms with van der Waals surface area (Å²) in [5.41, 5.74) is 1.45. The van der Waals surface area contributed by atoms with E-state index in [1.807, 2.05) is 0 Å². The molecular formula is C13H22N2S. The van der Waals surface area contributed by atoms with Gasteiger partial charge in [-0.25, -0.2) is 0 Å². The average Bonchev–Trinajstić information content (AvgIpc) is 2.81. The summed E-state index contributed by atoms with van der Waals surface area (Å²) in [5.74, 6) is 0.902. The van der Waals surface area contributed by atoms with Crippen LogP contribution in [0.5, 0.6) is 0 Å². The van der Waals surface area contributed by atoms with E-state index in [2.05, 4.69) is 34.1 Å². The number of rotatable bonds is 5. The van der Waals surface area contributed by atoms with Crippen molar-refractivity contribution in [2.24, 2.45) is 5.92 Å². The van der Waals surface area contributed by atoms with Gasteiger partial charge in [-0.2, -0.15) is 11.3 Å². The molecule has 0 saturated carbocycles. The standard InChI is InChI=1S/C13H22N2S/c1-15(10-13-5-8-16-11-13)7-4-12-3-2-6-14-9-12/h5,8,11-12,14H,2-4,6-7,9-10H2,1H3. The quantitative estimate of drug-likeness (QED) is 0.848. The molecule has 0 bridgehead atoms. The van der Waals surface area contributed by atoms with Crippen molar-refractivity contribution in [3.63, 3.8) is 0 Å². The Balaban J connectivity index is 1.65. The van der Waals surface area contributed by atoms with Crippen LogP contribution >= 0.6 is 11.3 Å². The number of hydrogen-bond acceptors (Lipinski definition) is 3. The number of piperidine rings is 1. The largest absolute Gasteiger partial charge is 0.316 e. The molecule has 1 unspecified atom stereocenters. The van der Waals surface area contributed by atoms with Crippen LogP contribution in [0.4, 0.5) is 0 Å². The zero-order chi connectivity index (χ0) is 11.2. The van der Waals surface area contributed by atoms with Gasteiger partial charge in [-0.15, -0.1) is 0 Å². The first-order chi connectivity index (χ1) is 7.84. The maximum Gasteiger partial charge on any atom is 0.0238 e. The second-order valence-corrected chi connectivity index (χ2v) is 5.65. The Kier molecular flexibility index (Phi) is 4.82. The third kappa shape index (κ3) is 3.89. The Hall–Kier alpha value is -0.380. The predicted molar refractivity (Wildman–Crippen MR) is 70.9 cm³/mol. The van der Waals surface area contributed by atoms with Gasteiger partial charge in [0.15, 0.2) is 0 Å². The first kappa shape index (κ1) is 12.1. The van der Waals surface area contributed by atoms with Crippen LogP contribution in [-0.4, -0.2) is 31.6 Å². The van der Waals surface area contributed by atoms with Crippen LogP contribution in [0.15, 0.2) is 16.8 Å².